The van der Waals surface area contributed by atoms with E-state index in [0.717, 1.165) is 54.2 Å². The molecule has 2 heterocycles. The zero-order chi connectivity index (χ0) is 19.5. The summed E-state index contributed by atoms with van der Waals surface area (Å²) in [4.78, 5) is 11.6. The summed E-state index contributed by atoms with van der Waals surface area (Å²) >= 11 is 0. The average molecular weight is 378 g/mol. The van der Waals surface area contributed by atoms with Gasteiger partial charge in [-0.05, 0) is 42.3 Å². The summed E-state index contributed by atoms with van der Waals surface area (Å²) in [6.45, 7) is 7.73. The van der Waals surface area contributed by atoms with Gasteiger partial charge in [0.15, 0.2) is 0 Å². The quantitative estimate of drug-likeness (QED) is 0.713. The summed E-state index contributed by atoms with van der Waals surface area (Å²) in [5.74, 6) is 1.75. The number of nitrogens with zero attached hydrogens (tertiary/aromatic N) is 3. The molecule has 0 unspecified atom stereocenters. The Morgan fingerprint density at radius 2 is 1.82 bits per heavy atom. The zero-order valence-electron chi connectivity index (χ0n) is 16.6. The molecule has 0 aliphatic carbocycles. The van der Waals surface area contributed by atoms with Crippen molar-refractivity contribution in [2.75, 3.05) is 43.6 Å². The average Bonchev–Trinajstić information content (AvgIpc) is 2.73. The standard InChI is InChI=1S/C22H26N4O2/c1-15(2)20-19(27-3)9-4-16-14-23-22(25-21(16)20)24-17-5-7-18(8-6-17)26-10-12-28-13-11-26/h4-9,14-15H,10-13H2,1-3H3,(H,23,24,25). The SMILES string of the molecule is COc1ccc2cnc(Nc3ccc(N4CCOCC4)cc3)nc2c1C(C)C. The van der Waals surface area contributed by atoms with Gasteiger partial charge in [-0.25, -0.2) is 9.97 Å². The topological polar surface area (TPSA) is 59.5 Å². The van der Waals surface area contributed by atoms with Crippen LogP contribution in [-0.4, -0.2) is 43.4 Å². The van der Waals surface area contributed by atoms with Crippen LogP contribution in [0, 0.1) is 0 Å². The molecule has 6 nitrogen and oxygen atoms in total. The van der Waals surface area contributed by atoms with Gasteiger partial charge in [0.05, 0.1) is 25.8 Å². The van der Waals surface area contributed by atoms with Gasteiger partial charge in [-0.1, -0.05) is 13.8 Å². The van der Waals surface area contributed by atoms with Gasteiger partial charge in [0.2, 0.25) is 5.95 Å². The molecule has 0 saturated carbocycles. The first-order chi connectivity index (χ1) is 13.7. The molecule has 3 aromatic rings. The first kappa shape index (κ1) is 18.5. The van der Waals surface area contributed by atoms with Crippen LogP contribution in [0.1, 0.15) is 25.3 Å². The van der Waals surface area contributed by atoms with Crippen LogP contribution in [0.25, 0.3) is 10.9 Å². The Hall–Kier alpha value is -2.86. The Bertz CT molecular complexity index is 951. The number of ether oxygens (including phenoxy) is 2. The number of hydrogen-bond acceptors (Lipinski definition) is 6. The molecule has 0 amide bonds. The lowest BCUT2D eigenvalue weighted by molar-refractivity contribution is 0.122. The first-order valence-electron chi connectivity index (χ1n) is 9.69. The highest BCUT2D eigenvalue weighted by atomic mass is 16.5. The molecule has 146 valence electrons. The molecule has 1 aliphatic heterocycles. The van der Waals surface area contributed by atoms with Gasteiger partial charge in [-0.3, -0.25) is 0 Å². The molecule has 1 N–H and O–H groups in total. The van der Waals surface area contributed by atoms with Gasteiger partial charge < -0.3 is 19.7 Å². The highest BCUT2D eigenvalue weighted by Gasteiger charge is 2.15. The van der Waals surface area contributed by atoms with Gasteiger partial charge in [0, 0.05) is 41.6 Å². The van der Waals surface area contributed by atoms with E-state index in [4.69, 9.17) is 14.5 Å². The van der Waals surface area contributed by atoms with Crippen LogP contribution in [-0.2, 0) is 4.74 Å². The lowest BCUT2D eigenvalue weighted by atomic mass is 9.99. The number of nitrogens with one attached hydrogen (secondary N) is 1. The van der Waals surface area contributed by atoms with Crippen LogP contribution >= 0.6 is 0 Å². The van der Waals surface area contributed by atoms with Crippen LogP contribution in [0.15, 0.2) is 42.6 Å². The van der Waals surface area contributed by atoms with Crippen LogP contribution in [0.2, 0.25) is 0 Å². The predicted octanol–water partition coefficient (Wildman–Crippen LogP) is 4.34. The second-order valence-electron chi connectivity index (χ2n) is 7.24. The van der Waals surface area contributed by atoms with E-state index in [9.17, 15) is 0 Å². The minimum absolute atomic E-state index is 0.300. The molecule has 6 heteroatoms. The van der Waals surface area contributed by atoms with Crippen LogP contribution in [0.4, 0.5) is 17.3 Å². The summed E-state index contributed by atoms with van der Waals surface area (Å²) in [5, 5.41) is 4.34. The third kappa shape index (κ3) is 3.73. The maximum atomic E-state index is 5.55. The molecular weight excluding hydrogens is 352 g/mol. The molecule has 0 spiro atoms. The monoisotopic (exact) mass is 378 g/mol. The van der Waals surface area contributed by atoms with Gasteiger partial charge in [0.25, 0.3) is 0 Å². The third-order valence-electron chi connectivity index (χ3n) is 5.05. The smallest absolute Gasteiger partial charge is 0.227 e. The Labute approximate surface area is 165 Å². The summed E-state index contributed by atoms with van der Waals surface area (Å²) in [6.07, 6.45) is 1.86. The molecule has 0 bridgehead atoms. The van der Waals surface area contributed by atoms with Gasteiger partial charge >= 0.3 is 0 Å². The number of fused-ring (bicyclic) bond motifs is 1. The van der Waals surface area contributed by atoms with Crippen LogP contribution in [0.5, 0.6) is 5.75 Å². The molecule has 1 aromatic heterocycles. The molecule has 1 aliphatic rings. The number of methoxy groups -OCH3 is 1. The van der Waals surface area contributed by atoms with E-state index in [1.807, 2.05) is 18.3 Å². The molecule has 28 heavy (non-hydrogen) atoms. The molecule has 1 fully saturated rings. The fourth-order valence-electron chi connectivity index (χ4n) is 3.60. The van der Waals surface area contributed by atoms with E-state index < -0.39 is 0 Å². The van der Waals surface area contributed by atoms with E-state index in [1.54, 1.807) is 7.11 Å². The number of rotatable bonds is 5. The minimum Gasteiger partial charge on any atom is -0.496 e. The fourth-order valence-corrected chi connectivity index (χ4v) is 3.60. The highest BCUT2D eigenvalue weighted by molar-refractivity contribution is 5.85. The predicted molar refractivity (Wildman–Crippen MR) is 113 cm³/mol. The van der Waals surface area contributed by atoms with E-state index in [-0.39, 0.29) is 0 Å². The van der Waals surface area contributed by atoms with Crippen molar-refractivity contribution in [1.29, 1.82) is 0 Å². The van der Waals surface area contributed by atoms with Crippen molar-refractivity contribution in [3.63, 3.8) is 0 Å². The Balaban J connectivity index is 1.60. The Kier molecular flexibility index (Phi) is 5.30. The van der Waals surface area contributed by atoms with Crippen LogP contribution < -0.4 is 15.0 Å². The Morgan fingerprint density at radius 1 is 1.07 bits per heavy atom. The van der Waals surface area contributed by atoms with Crippen molar-refractivity contribution in [2.24, 2.45) is 0 Å². The van der Waals surface area contributed by atoms with Crippen LogP contribution in [0.3, 0.4) is 0 Å². The van der Waals surface area contributed by atoms with Crippen molar-refractivity contribution in [3.05, 3.63) is 48.2 Å². The molecule has 0 radical (unpaired) electrons. The normalized spacial score (nSPS) is 14.5. The van der Waals surface area contributed by atoms with Gasteiger partial charge in [0.1, 0.15) is 5.75 Å². The molecule has 1 saturated heterocycles. The summed E-state index contributed by atoms with van der Waals surface area (Å²) in [6, 6.07) is 12.4. The second kappa shape index (κ2) is 8.02. The van der Waals surface area contributed by atoms with E-state index >= 15 is 0 Å². The van der Waals surface area contributed by atoms with Crippen molar-refractivity contribution >= 4 is 28.2 Å². The number of aromatic nitrogens is 2. The zero-order valence-corrected chi connectivity index (χ0v) is 16.6. The van der Waals surface area contributed by atoms with Gasteiger partial charge in [-0.2, -0.15) is 0 Å². The van der Waals surface area contributed by atoms with Crippen molar-refractivity contribution in [3.8, 4) is 5.75 Å². The maximum Gasteiger partial charge on any atom is 0.227 e. The lowest BCUT2D eigenvalue weighted by Gasteiger charge is -2.28. The summed E-state index contributed by atoms with van der Waals surface area (Å²) < 4.78 is 11.0. The number of anilines is 3. The molecule has 0 atom stereocenters. The first-order valence-corrected chi connectivity index (χ1v) is 9.69. The molecule has 4 rings (SSSR count). The van der Waals surface area contributed by atoms with E-state index in [0.29, 0.717) is 11.9 Å². The maximum absolute atomic E-state index is 5.55. The number of morpholine rings is 1. The number of hydrogen-bond donors (Lipinski definition) is 1. The molecule has 2 aromatic carbocycles. The van der Waals surface area contributed by atoms with Gasteiger partial charge in [-0.15, -0.1) is 0 Å². The van der Waals surface area contributed by atoms with Crippen molar-refractivity contribution < 1.29 is 9.47 Å². The molecular formula is C22H26N4O2. The largest absolute Gasteiger partial charge is 0.496 e. The van der Waals surface area contributed by atoms with Crippen molar-refractivity contribution in [2.45, 2.75) is 19.8 Å². The summed E-state index contributed by atoms with van der Waals surface area (Å²) in [5.41, 5.74) is 4.20. The second-order valence-corrected chi connectivity index (χ2v) is 7.24. The minimum atomic E-state index is 0.300. The Morgan fingerprint density at radius 3 is 2.50 bits per heavy atom. The lowest BCUT2D eigenvalue weighted by Crippen LogP contribution is -2.36. The van der Waals surface area contributed by atoms with E-state index in [1.165, 1.54) is 5.69 Å². The third-order valence-corrected chi connectivity index (χ3v) is 5.05. The van der Waals surface area contributed by atoms with E-state index in [2.05, 4.69) is 53.3 Å². The highest BCUT2D eigenvalue weighted by Crippen LogP contribution is 2.33. The summed E-state index contributed by atoms with van der Waals surface area (Å²) in [7, 11) is 1.70. The van der Waals surface area contributed by atoms with Crippen molar-refractivity contribution in [1.82, 2.24) is 9.97 Å². The number of benzene rings is 2. The fraction of sp³-hybridized carbons (Fsp3) is 0.364.